The van der Waals surface area contributed by atoms with Crippen molar-refractivity contribution in [2.24, 2.45) is 0 Å². The molecule has 24 heavy (non-hydrogen) atoms. The predicted molar refractivity (Wildman–Crippen MR) is 95.8 cm³/mol. The lowest BCUT2D eigenvalue weighted by Crippen LogP contribution is -2.39. The summed E-state index contributed by atoms with van der Waals surface area (Å²) in [6.07, 6.45) is 0.0407. The van der Waals surface area contributed by atoms with Crippen molar-refractivity contribution in [1.82, 2.24) is 5.32 Å². The minimum atomic E-state index is -3.11. The van der Waals surface area contributed by atoms with E-state index in [0.29, 0.717) is 6.54 Å². The Morgan fingerprint density at radius 1 is 0.958 bits per heavy atom. The number of hydrogen-bond donors (Lipinski definition) is 2. The van der Waals surface area contributed by atoms with E-state index in [1.807, 2.05) is 36.4 Å². The van der Waals surface area contributed by atoms with Crippen molar-refractivity contribution in [2.45, 2.75) is 24.5 Å². The van der Waals surface area contributed by atoms with Gasteiger partial charge >= 0.3 is 0 Å². The fourth-order valence-corrected chi connectivity index (χ4v) is 5.11. The molecule has 0 saturated carbocycles. The number of rotatable bonds is 6. The molecule has 0 amide bonds. The van der Waals surface area contributed by atoms with Gasteiger partial charge in [0.1, 0.15) is 0 Å². The highest BCUT2D eigenvalue weighted by atomic mass is 32.2. The Morgan fingerprint density at radius 3 is 1.96 bits per heavy atom. The standard InChI is InChI=1S/C19H23NO3S/c21-19-14-24(22,23)13-18(19)20-12-11-17(15-7-3-1-4-8-15)16-9-5-2-6-10-16/h1-10,17-21H,11-14H2/t18-,19-/m1/s1. The number of aliphatic hydroxyl groups excluding tert-OH is 1. The zero-order chi connectivity index (χ0) is 17.0. The molecule has 1 aliphatic heterocycles. The summed E-state index contributed by atoms with van der Waals surface area (Å²) in [4.78, 5) is 0. The first-order chi connectivity index (χ1) is 11.6. The zero-order valence-electron chi connectivity index (χ0n) is 13.5. The van der Waals surface area contributed by atoms with Crippen LogP contribution in [0.5, 0.6) is 0 Å². The maximum Gasteiger partial charge on any atom is 0.154 e. The smallest absolute Gasteiger partial charge is 0.154 e. The van der Waals surface area contributed by atoms with E-state index in [1.54, 1.807) is 0 Å². The lowest BCUT2D eigenvalue weighted by atomic mass is 9.88. The Balaban J connectivity index is 1.67. The van der Waals surface area contributed by atoms with Crippen LogP contribution >= 0.6 is 0 Å². The molecule has 3 rings (SSSR count). The summed E-state index contributed by atoms with van der Waals surface area (Å²) >= 11 is 0. The molecular formula is C19H23NO3S. The van der Waals surface area contributed by atoms with Crippen molar-refractivity contribution in [3.8, 4) is 0 Å². The van der Waals surface area contributed by atoms with Gasteiger partial charge in [-0.05, 0) is 24.1 Å². The van der Waals surface area contributed by atoms with Crippen LogP contribution in [0.15, 0.2) is 60.7 Å². The van der Waals surface area contributed by atoms with Gasteiger partial charge in [-0.15, -0.1) is 0 Å². The maximum atomic E-state index is 11.6. The van der Waals surface area contributed by atoms with E-state index in [0.717, 1.165) is 6.42 Å². The van der Waals surface area contributed by atoms with E-state index in [1.165, 1.54) is 11.1 Å². The van der Waals surface area contributed by atoms with E-state index in [2.05, 4.69) is 29.6 Å². The Labute approximate surface area is 143 Å². The van der Waals surface area contributed by atoms with Crippen LogP contribution in [0.2, 0.25) is 0 Å². The monoisotopic (exact) mass is 345 g/mol. The van der Waals surface area contributed by atoms with Crippen LogP contribution in [0.4, 0.5) is 0 Å². The first kappa shape index (κ1) is 17.1. The number of sulfone groups is 1. The van der Waals surface area contributed by atoms with E-state index in [9.17, 15) is 13.5 Å². The molecule has 128 valence electrons. The maximum absolute atomic E-state index is 11.6. The molecule has 0 spiro atoms. The second-order valence-corrected chi connectivity index (χ2v) is 8.52. The van der Waals surface area contributed by atoms with Gasteiger partial charge in [0.15, 0.2) is 9.84 Å². The lowest BCUT2D eigenvalue weighted by Gasteiger charge is -2.21. The highest BCUT2D eigenvalue weighted by Gasteiger charge is 2.35. The second kappa shape index (κ2) is 7.47. The van der Waals surface area contributed by atoms with Gasteiger partial charge in [-0.1, -0.05) is 60.7 Å². The van der Waals surface area contributed by atoms with Crippen LogP contribution in [0.3, 0.4) is 0 Å². The molecule has 0 unspecified atom stereocenters. The minimum absolute atomic E-state index is 0.0233. The van der Waals surface area contributed by atoms with Gasteiger partial charge in [-0.3, -0.25) is 0 Å². The minimum Gasteiger partial charge on any atom is -0.390 e. The highest BCUT2D eigenvalue weighted by molar-refractivity contribution is 7.91. The van der Waals surface area contributed by atoms with Crippen molar-refractivity contribution in [3.63, 3.8) is 0 Å². The van der Waals surface area contributed by atoms with Crippen LogP contribution < -0.4 is 5.32 Å². The summed E-state index contributed by atoms with van der Waals surface area (Å²) in [7, 11) is -3.11. The van der Waals surface area contributed by atoms with E-state index >= 15 is 0 Å². The van der Waals surface area contributed by atoms with Gasteiger partial charge in [0.05, 0.1) is 17.6 Å². The van der Waals surface area contributed by atoms with Crippen LogP contribution in [0.25, 0.3) is 0 Å². The Morgan fingerprint density at radius 2 is 1.50 bits per heavy atom. The lowest BCUT2D eigenvalue weighted by molar-refractivity contribution is 0.166. The number of nitrogens with one attached hydrogen (secondary N) is 1. The third-order valence-corrected chi connectivity index (χ3v) is 6.28. The number of benzene rings is 2. The van der Waals surface area contributed by atoms with Crippen LogP contribution in [-0.2, 0) is 9.84 Å². The topological polar surface area (TPSA) is 66.4 Å². The van der Waals surface area contributed by atoms with Crippen molar-refractivity contribution in [3.05, 3.63) is 71.8 Å². The molecule has 2 N–H and O–H groups in total. The third-order valence-electron chi connectivity index (χ3n) is 4.57. The van der Waals surface area contributed by atoms with Crippen molar-refractivity contribution in [1.29, 1.82) is 0 Å². The average Bonchev–Trinajstić information content (AvgIpc) is 2.85. The molecule has 0 aromatic heterocycles. The third kappa shape index (κ3) is 4.23. The summed E-state index contributed by atoms with van der Waals surface area (Å²) in [5.74, 6) is 0.135. The van der Waals surface area contributed by atoms with E-state index in [4.69, 9.17) is 0 Å². The predicted octanol–water partition coefficient (Wildman–Crippen LogP) is 1.96. The molecule has 2 aromatic rings. The SMILES string of the molecule is O=S1(=O)C[C@@H](O)[C@H](NCCC(c2ccccc2)c2ccccc2)C1. The molecule has 1 heterocycles. The number of hydrogen-bond acceptors (Lipinski definition) is 4. The van der Waals surface area contributed by atoms with Gasteiger partial charge in [0.2, 0.25) is 0 Å². The summed E-state index contributed by atoms with van der Waals surface area (Å²) in [5, 5.41) is 13.1. The van der Waals surface area contributed by atoms with Crippen LogP contribution in [0.1, 0.15) is 23.5 Å². The molecule has 2 atom stereocenters. The van der Waals surface area contributed by atoms with Crippen LogP contribution in [-0.4, -0.2) is 43.7 Å². The Hall–Kier alpha value is -1.69. The molecular weight excluding hydrogens is 322 g/mol. The normalized spacial score (nSPS) is 22.8. The molecule has 1 aliphatic rings. The summed E-state index contributed by atoms with van der Waals surface area (Å²) in [6.45, 7) is 0.658. The average molecular weight is 345 g/mol. The molecule has 5 heteroatoms. The van der Waals surface area contributed by atoms with Crippen molar-refractivity contribution in [2.75, 3.05) is 18.1 Å². The van der Waals surface area contributed by atoms with E-state index in [-0.39, 0.29) is 23.5 Å². The zero-order valence-corrected chi connectivity index (χ0v) is 14.3. The highest BCUT2D eigenvalue weighted by Crippen LogP contribution is 2.27. The van der Waals surface area contributed by atoms with Gasteiger partial charge in [-0.2, -0.15) is 0 Å². The van der Waals surface area contributed by atoms with Gasteiger partial charge in [0.25, 0.3) is 0 Å². The molecule has 0 aliphatic carbocycles. The van der Waals surface area contributed by atoms with Crippen LogP contribution in [0, 0.1) is 0 Å². The fraction of sp³-hybridized carbons (Fsp3) is 0.368. The Kier molecular flexibility index (Phi) is 5.33. The van der Waals surface area contributed by atoms with Gasteiger partial charge in [-0.25, -0.2) is 8.42 Å². The summed E-state index contributed by atoms with van der Waals surface area (Å²) in [6, 6.07) is 20.3. The molecule has 0 radical (unpaired) electrons. The molecule has 1 fully saturated rings. The molecule has 1 saturated heterocycles. The fourth-order valence-electron chi connectivity index (χ4n) is 3.33. The van der Waals surface area contributed by atoms with Crippen molar-refractivity contribution >= 4 is 9.84 Å². The molecule has 4 nitrogen and oxygen atoms in total. The summed E-state index contributed by atoms with van der Waals surface area (Å²) < 4.78 is 23.2. The van der Waals surface area contributed by atoms with Crippen molar-refractivity contribution < 1.29 is 13.5 Å². The summed E-state index contributed by atoms with van der Waals surface area (Å²) in [5.41, 5.74) is 2.48. The molecule has 0 bridgehead atoms. The van der Waals surface area contributed by atoms with E-state index < -0.39 is 15.9 Å². The first-order valence-electron chi connectivity index (χ1n) is 8.27. The number of aliphatic hydroxyl groups is 1. The largest absolute Gasteiger partial charge is 0.390 e. The first-order valence-corrected chi connectivity index (χ1v) is 10.1. The van der Waals surface area contributed by atoms with Gasteiger partial charge < -0.3 is 10.4 Å². The Bertz CT molecular complexity index is 707. The van der Waals surface area contributed by atoms with Gasteiger partial charge in [0, 0.05) is 12.0 Å². The molecule has 2 aromatic carbocycles. The quantitative estimate of drug-likeness (QED) is 0.840. The second-order valence-electron chi connectivity index (χ2n) is 6.37.